The van der Waals surface area contributed by atoms with Gasteiger partial charge < -0.3 is 77.2 Å². The molecule has 22 nitrogen and oxygen atoms in total. The number of carbonyl (C=O) groups excluding carboxylic acids is 5. The molecule has 2 atom stereocenters. The van der Waals surface area contributed by atoms with Crippen LogP contribution in [0.15, 0.2) is 0 Å². The zero-order chi connectivity index (χ0) is 40.2. The number of hydrogen-bond donors (Lipinski definition) is 7. The molecule has 0 saturated carbocycles. The summed E-state index contributed by atoms with van der Waals surface area (Å²) in [5.74, 6) is -2.12. The standard InChI is InChI=1S/C32H65N9O13/c1-26(42)38-2-6-47-10-14-51-17-13-50-9-5-41(23-32(46)54-25-28(36)19-34)21-30(44)39-3-7-48-11-15-52-16-12-49-8-4-40(20-29(37)43)22-31(45)53-24-27(35)18-33/h27-28H,2-25,33-36H2,1H3,(H2,37,43)(H,38,42)(H,39,44)/t27-,28-/m0/s1. The number of carbonyl (C=O) groups is 5. The number of amides is 3. The van der Waals surface area contributed by atoms with Crippen LogP contribution in [0, 0.1) is 0 Å². The van der Waals surface area contributed by atoms with Crippen molar-refractivity contribution >= 4 is 29.7 Å². The lowest BCUT2D eigenvalue weighted by atomic mass is 10.3. The maximum absolute atomic E-state index is 12.6. The van der Waals surface area contributed by atoms with Gasteiger partial charge in [0.25, 0.3) is 0 Å². The molecule has 0 aliphatic carbocycles. The molecule has 0 fully saturated rings. The summed E-state index contributed by atoms with van der Waals surface area (Å²) in [6, 6.07) is -0.942. The Balaban J connectivity index is 4.19. The molecule has 0 unspecified atom stereocenters. The third-order valence-electron chi connectivity index (χ3n) is 6.76. The quantitative estimate of drug-likeness (QED) is 0.0226. The fraction of sp³-hybridized carbons (Fsp3) is 0.844. The first-order chi connectivity index (χ1) is 26.0. The number of nitrogens with two attached hydrogens (primary N) is 5. The molecule has 0 heterocycles. The summed E-state index contributed by atoms with van der Waals surface area (Å²) in [5.41, 5.74) is 27.5. The molecule has 54 heavy (non-hydrogen) atoms. The van der Waals surface area contributed by atoms with E-state index < -0.39 is 29.9 Å². The van der Waals surface area contributed by atoms with Gasteiger partial charge in [-0.15, -0.1) is 0 Å². The molecule has 0 saturated heterocycles. The Morgan fingerprint density at radius 3 is 1.30 bits per heavy atom. The van der Waals surface area contributed by atoms with Crippen LogP contribution in [0.1, 0.15) is 6.92 Å². The smallest absolute Gasteiger partial charge is 0.320 e. The average molecular weight is 784 g/mol. The van der Waals surface area contributed by atoms with E-state index in [1.54, 1.807) is 4.90 Å². The second kappa shape index (κ2) is 35.6. The molecule has 12 N–H and O–H groups in total. The number of ether oxygens (including phenoxy) is 8. The zero-order valence-electron chi connectivity index (χ0n) is 31.7. The minimum Gasteiger partial charge on any atom is -0.463 e. The lowest BCUT2D eigenvalue weighted by molar-refractivity contribution is -0.147. The van der Waals surface area contributed by atoms with Gasteiger partial charge in [0.1, 0.15) is 13.2 Å². The Morgan fingerprint density at radius 2 is 0.907 bits per heavy atom. The molecule has 0 aromatic rings. The first kappa shape index (κ1) is 50.9. The molecule has 22 heteroatoms. The largest absolute Gasteiger partial charge is 0.463 e. The molecular weight excluding hydrogens is 718 g/mol. The second-order valence-corrected chi connectivity index (χ2v) is 11.8. The highest BCUT2D eigenvalue weighted by molar-refractivity contribution is 5.79. The topological polar surface area (TPSA) is 320 Å². The highest BCUT2D eigenvalue weighted by Gasteiger charge is 2.17. The van der Waals surface area contributed by atoms with Crippen molar-refractivity contribution in [2.45, 2.75) is 19.0 Å². The van der Waals surface area contributed by atoms with Crippen molar-refractivity contribution in [3.05, 3.63) is 0 Å². The first-order valence-corrected chi connectivity index (χ1v) is 17.9. The molecule has 3 amide bonds. The van der Waals surface area contributed by atoms with E-state index in [0.29, 0.717) is 52.8 Å². The number of nitrogens with zero attached hydrogens (tertiary/aromatic N) is 2. The van der Waals surface area contributed by atoms with Crippen molar-refractivity contribution in [2.24, 2.45) is 28.7 Å². The van der Waals surface area contributed by atoms with Gasteiger partial charge in [0.15, 0.2) is 0 Å². The Labute approximate surface area is 317 Å². The summed E-state index contributed by atoms with van der Waals surface area (Å²) >= 11 is 0. The predicted octanol–water partition coefficient (Wildman–Crippen LogP) is -5.91. The maximum Gasteiger partial charge on any atom is 0.320 e. The van der Waals surface area contributed by atoms with Gasteiger partial charge in [-0.25, -0.2) is 0 Å². The van der Waals surface area contributed by atoms with Crippen LogP contribution < -0.4 is 39.3 Å². The summed E-state index contributed by atoms with van der Waals surface area (Å²) in [6.07, 6.45) is 0. The minimum atomic E-state index is -0.593. The van der Waals surface area contributed by atoms with Crippen LogP contribution in [0.3, 0.4) is 0 Å². The third-order valence-corrected chi connectivity index (χ3v) is 6.76. The van der Waals surface area contributed by atoms with E-state index >= 15 is 0 Å². The Bertz CT molecular complexity index is 1000. The van der Waals surface area contributed by atoms with Crippen molar-refractivity contribution in [3.8, 4) is 0 Å². The number of primary amides is 1. The van der Waals surface area contributed by atoms with Crippen molar-refractivity contribution in [3.63, 3.8) is 0 Å². The highest BCUT2D eigenvalue weighted by atomic mass is 16.6. The van der Waals surface area contributed by atoms with E-state index in [2.05, 4.69) is 10.6 Å². The van der Waals surface area contributed by atoms with Gasteiger partial charge in [-0.05, 0) is 0 Å². The Hall–Kier alpha value is -3.13. The van der Waals surface area contributed by atoms with Gasteiger partial charge in [-0.3, -0.25) is 33.8 Å². The van der Waals surface area contributed by atoms with Gasteiger partial charge in [0, 0.05) is 46.2 Å². The summed E-state index contributed by atoms with van der Waals surface area (Å²) in [7, 11) is 0. The lowest BCUT2D eigenvalue weighted by Gasteiger charge is -2.21. The number of nitrogens with one attached hydrogen (secondary N) is 2. The zero-order valence-corrected chi connectivity index (χ0v) is 31.7. The van der Waals surface area contributed by atoms with E-state index in [1.807, 2.05) is 0 Å². The summed E-state index contributed by atoms with van der Waals surface area (Å²) in [4.78, 5) is 62.1. The number of esters is 2. The molecule has 0 aliphatic heterocycles. The minimum absolute atomic E-state index is 0.0183. The molecule has 316 valence electrons. The summed E-state index contributed by atoms with van der Waals surface area (Å²) < 4.78 is 43.0. The van der Waals surface area contributed by atoms with Crippen molar-refractivity contribution in [1.82, 2.24) is 20.4 Å². The van der Waals surface area contributed by atoms with Gasteiger partial charge in [-0.1, -0.05) is 0 Å². The second-order valence-electron chi connectivity index (χ2n) is 11.8. The van der Waals surface area contributed by atoms with Crippen LogP contribution in [-0.2, 0) is 61.9 Å². The normalized spacial score (nSPS) is 12.4. The monoisotopic (exact) mass is 783 g/mol. The molecule has 0 rings (SSSR count). The predicted molar refractivity (Wildman–Crippen MR) is 195 cm³/mol. The fourth-order valence-electron chi connectivity index (χ4n) is 3.93. The van der Waals surface area contributed by atoms with Crippen LogP contribution in [-0.4, -0.2) is 209 Å². The Morgan fingerprint density at radius 1 is 0.537 bits per heavy atom. The Kier molecular flexibility index (Phi) is 33.5. The number of rotatable bonds is 38. The molecule has 0 bridgehead atoms. The first-order valence-electron chi connectivity index (χ1n) is 17.9. The van der Waals surface area contributed by atoms with E-state index in [-0.39, 0.29) is 117 Å². The molecule has 0 aliphatic rings. The number of hydrogen-bond acceptors (Lipinski definition) is 19. The van der Waals surface area contributed by atoms with Gasteiger partial charge >= 0.3 is 11.9 Å². The van der Waals surface area contributed by atoms with Crippen molar-refractivity contribution in [1.29, 1.82) is 0 Å². The van der Waals surface area contributed by atoms with Crippen LogP contribution in [0.2, 0.25) is 0 Å². The van der Waals surface area contributed by atoms with E-state index in [4.69, 9.17) is 66.6 Å². The van der Waals surface area contributed by atoms with Crippen molar-refractivity contribution < 1.29 is 61.9 Å². The van der Waals surface area contributed by atoms with Gasteiger partial charge in [0.05, 0.1) is 118 Å². The molecular formula is C32H65N9O13. The summed E-state index contributed by atoms with van der Waals surface area (Å²) in [5, 5.41) is 5.38. The van der Waals surface area contributed by atoms with Crippen LogP contribution in [0.5, 0.6) is 0 Å². The molecule has 0 radical (unpaired) electrons. The van der Waals surface area contributed by atoms with E-state index in [9.17, 15) is 24.0 Å². The molecule has 0 aromatic heterocycles. The van der Waals surface area contributed by atoms with Gasteiger partial charge in [-0.2, -0.15) is 0 Å². The maximum atomic E-state index is 12.6. The third kappa shape index (κ3) is 34.6. The van der Waals surface area contributed by atoms with Crippen LogP contribution >= 0.6 is 0 Å². The van der Waals surface area contributed by atoms with Gasteiger partial charge in [0.2, 0.25) is 17.7 Å². The molecule has 0 aromatic carbocycles. The SMILES string of the molecule is CC(=O)NCCOCCOCCOCCN(CC(=O)NCCOCCOCCOCCN(CC(N)=O)CC(=O)OC[C@@H](N)CN)CC(=O)OC[C@@H](N)CN. The van der Waals surface area contributed by atoms with Crippen molar-refractivity contribution in [2.75, 3.05) is 158 Å². The average Bonchev–Trinajstić information content (AvgIpc) is 3.13. The fourth-order valence-corrected chi connectivity index (χ4v) is 3.93. The van der Waals surface area contributed by atoms with Crippen LogP contribution in [0.4, 0.5) is 0 Å². The molecule has 0 spiro atoms. The summed E-state index contributed by atoms with van der Waals surface area (Å²) in [6.45, 7) is 6.08. The van der Waals surface area contributed by atoms with Crippen LogP contribution in [0.25, 0.3) is 0 Å². The highest BCUT2D eigenvalue weighted by Crippen LogP contribution is 1.95. The van der Waals surface area contributed by atoms with E-state index in [1.165, 1.54) is 11.8 Å². The lowest BCUT2D eigenvalue weighted by Crippen LogP contribution is -2.43. The van der Waals surface area contributed by atoms with E-state index in [0.717, 1.165) is 0 Å².